The normalized spacial score (nSPS) is 12.0. The second-order valence-corrected chi connectivity index (χ2v) is 7.08. The maximum Gasteiger partial charge on any atom is 0.346 e. The molecule has 0 aliphatic heterocycles. The van der Waals surface area contributed by atoms with Crippen molar-refractivity contribution in [2.75, 3.05) is 7.11 Å². The molecule has 0 fully saturated rings. The molecule has 152 valence electrons. The van der Waals surface area contributed by atoms with Crippen LogP contribution in [0.5, 0.6) is 5.75 Å². The fraction of sp³-hybridized carbons (Fsp3) is 0.273. The number of pyridine rings is 1. The van der Waals surface area contributed by atoms with Gasteiger partial charge in [0.05, 0.1) is 18.0 Å². The maximum atomic E-state index is 14.5. The van der Waals surface area contributed by atoms with Gasteiger partial charge >= 0.3 is 5.97 Å². The number of aromatic nitrogens is 1. The van der Waals surface area contributed by atoms with Crippen LogP contribution in [0.1, 0.15) is 30.7 Å². The van der Waals surface area contributed by atoms with Crippen molar-refractivity contribution in [1.29, 1.82) is 0 Å². The summed E-state index contributed by atoms with van der Waals surface area (Å²) in [6.07, 6.45) is -0.0654. The molecule has 0 aliphatic rings. The molecule has 3 aromatic rings. The number of carbonyl (C=O) groups excluding carboxylic acids is 1. The van der Waals surface area contributed by atoms with Crippen LogP contribution in [0.3, 0.4) is 0 Å². The van der Waals surface area contributed by atoms with Gasteiger partial charge in [0.2, 0.25) is 0 Å². The topological polar surface area (TPSA) is 68.4 Å². The number of ether oxygens (including phenoxy) is 2. The van der Waals surface area contributed by atoms with Gasteiger partial charge in [-0.3, -0.25) is 4.79 Å². The molecule has 2 aromatic carbocycles. The lowest BCUT2D eigenvalue weighted by Gasteiger charge is -2.16. The van der Waals surface area contributed by atoms with E-state index >= 15 is 0 Å². The van der Waals surface area contributed by atoms with Crippen molar-refractivity contribution in [1.82, 2.24) is 4.98 Å². The van der Waals surface area contributed by atoms with E-state index in [1.54, 1.807) is 12.1 Å². The zero-order valence-electron chi connectivity index (χ0n) is 16.3. The molecule has 3 rings (SSSR count). The summed E-state index contributed by atoms with van der Waals surface area (Å²) >= 11 is 5.94. The molecule has 0 amide bonds. The number of rotatable bonds is 6. The predicted octanol–water partition coefficient (Wildman–Crippen LogP) is 4.41. The van der Waals surface area contributed by atoms with E-state index in [-0.39, 0.29) is 22.1 Å². The van der Waals surface area contributed by atoms with E-state index in [1.807, 2.05) is 19.1 Å². The number of methoxy groups -OCH3 is 1. The summed E-state index contributed by atoms with van der Waals surface area (Å²) in [6, 6.07) is 9.75. The molecule has 29 heavy (non-hydrogen) atoms. The van der Waals surface area contributed by atoms with Crippen LogP contribution in [-0.2, 0) is 22.4 Å². The van der Waals surface area contributed by atoms with Crippen LogP contribution in [0.15, 0.2) is 41.2 Å². The highest BCUT2D eigenvalue weighted by Gasteiger charge is 2.21. The highest BCUT2D eigenvalue weighted by atomic mass is 35.5. The number of fused-ring (bicyclic) bond motifs is 1. The van der Waals surface area contributed by atoms with E-state index in [2.05, 4.69) is 9.72 Å². The van der Waals surface area contributed by atoms with Crippen LogP contribution in [0.25, 0.3) is 10.9 Å². The van der Waals surface area contributed by atoms with Crippen molar-refractivity contribution in [3.05, 3.63) is 74.3 Å². The van der Waals surface area contributed by atoms with Gasteiger partial charge in [0.15, 0.2) is 11.5 Å². The van der Waals surface area contributed by atoms with Crippen molar-refractivity contribution >= 4 is 28.5 Å². The summed E-state index contributed by atoms with van der Waals surface area (Å²) in [7, 11) is 1.25. The molecule has 0 aliphatic carbocycles. The Kier molecular flexibility index (Phi) is 6.23. The Morgan fingerprint density at radius 1 is 1.21 bits per heavy atom. The third kappa shape index (κ3) is 4.27. The SMILES string of the molecule is CCc1[nH]c2c(F)ccc(OC(C)C(=O)OC)c2c(=O)c1Cc1ccc(Cl)cc1. The summed E-state index contributed by atoms with van der Waals surface area (Å²) in [5, 5.41) is 0.674. The Labute approximate surface area is 172 Å². The molecule has 0 spiro atoms. The molecule has 1 N–H and O–H groups in total. The van der Waals surface area contributed by atoms with Gasteiger partial charge in [-0.05, 0) is 43.2 Å². The Morgan fingerprint density at radius 2 is 1.90 bits per heavy atom. The van der Waals surface area contributed by atoms with Gasteiger partial charge in [0, 0.05) is 22.7 Å². The van der Waals surface area contributed by atoms with Crippen LogP contribution in [0, 0.1) is 5.82 Å². The standard InChI is InChI=1S/C22H21ClFNO4/c1-4-17-15(11-13-5-7-14(23)8-6-13)21(26)19-18(29-12(2)22(27)28-3)10-9-16(24)20(19)25-17/h5-10,12H,4,11H2,1-3H3,(H,25,26). The number of H-pyrrole nitrogens is 1. The molecule has 1 aromatic heterocycles. The van der Waals surface area contributed by atoms with Crippen LogP contribution in [0.4, 0.5) is 4.39 Å². The molecule has 0 radical (unpaired) electrons. The first-order chi connectivity index (χ1) is 13.8. The smallest absolute Gasteiger partial charge is 0.346 e. The average molecular weight is 418 g/mol. The molecule has 0 bridgehead atoms. The first-order valence-corrected chi connectivity index (χ1v) is 9.58. The monoisotopic (exact) mass is 417 g/mol. The molecule has 1 heterocycles. The number of carbonyl (C=O) groups is 1. The quantitative estimate of drug-likeness (QED) is 0.603. The average Bonchev–Trinajstić information content (AvgIpc) is 2.72. The zero-order valence-corrected chi connectivity index (χ0v) is 17.1. The second kappa shape index (κ2) is 8.66. The minimum atomic E-state index is -0.946. The third-order valence-corrected chi connectivity index (χ3v) is 4.99. The Hall–Kier alpha value is -2.86. The molecule has 0 saturated heterocycles. The van der Waals surface area contributed by atoms with Gasteiger partial charge in [-0.1, -0.05) is 30.7 Å². The van der Waals surface area contributed by atoms with E-state index in [9.17, 15) is 14.0 Å². The van der Waals surface area contributed by atoms with Crippen molar-refractivity contribution < 1.29 is 18.7 Å². The van der Waals surface area contributed by atoms with Crippen molar-refractivity contribution in [2.24, 2.45) is 0 Å². The van der Waals surface area contributed by atoms with Crippen LogP contribution in [-0.4, -0.2) is 24.2 Å². The maximum absolute atomic E-state index is 14.5. The third-order valence-electron chi connectivity index (χ3n) is 4.74. The first-order valence-electron chi connectivity index (χ1n) is 9.20. The van der Waals surface area contributed by atoms with Crippen LogP contribution in [0.2, 0.25) is 5.02 Å². The summed E-state index contributed by atoms with van der Waals surface area (Å²) in [6.45, 7) is 3.39. The highest BCUT2D eigenvalue weighted by Crippen LogP contribution is 2.27. The van der Waals surface area contributed by atoms with Gasteiger partial charge < -0.3 is 14.5 Å². The summed E-state index contributed by atoms with van der Waals surface area (Å²) in [5.74, 6) is -1.03. The second-order valence-electron chi connectivity index (χ2n) is 6.65. The number of nitrogens with one attached hydrogen (secondary N) is 1. The van der Waals surface area contributed by atoms with Gasteiger partial charge in [-0.25, -0.2) is 9.18 Å². The Bertz CT molecular complexity index is 1110. The van der Waals surface area contributed by atoms with E-state index in [0.29, 0.717) is 29.1 Å². The first kappa shape index (κ1) is 20.9. The van der Waals surface area contributed by atoms with Crippen molar-refractivity contribution in [3.8, 4) is 5.75 Å². The molecular formula is C22H21ClFNO4. The molecular weight excluding hydrogens is 397 g/mol. The number of hydrogen-bond acceptors (Lipinski definition) is 4. The lowest BCUT2D eigenvalue weighted by atomic mass is 9.99. The molecule has 0 saturated carbocycles. The van der Waals surface area contributed by atoms with Crippen LogP contribution >= 0.6 is 11.6 Å². The fourth-order valence-electron chi connectivity index (χ4n) is 3.22. The number of esters is 1. The minimum Gasteiger partial charge on any atom is -0.478 e. The van der Waals surface area contributed by atoms with Crippen LogP contribution < -0.4 is 10.2 Å². The number of aromatic amines is 1. The zero-order chi connectivity index (χ0) is 21.1. The summed E-state index contributed by atoms with van der Waals surface area (Å²) in [5.41, 5.74) is 1.78. The summed E-state index contributed by atoms with van der Waals surface area (Å²) in [4.78, 5) is 28.1. The lowest BCUT2D eigenvalue weighted by Crippen LogP contribution is -2.26. The van der Waals surface area contributed by atoms with Gasteiger partial charge in [0.25, 0.3) is 0 Å². The highest BCUT2D eigenvalue weighted by molar-refractivity contribution is 6.30. The number of halogens is 2. The van der Waals surface area contributed by atoms with Gasteiger partial charge in [0.1, 0.15) is 11.6 Å². The number of benzene rings is 2. The Morgan fingerprint density at radius 3 is 2.52 bits per heavy atom. The molecule has 7 heteroatoms. The number of hydrogen-bond donors (Lipinski definition) is 1. The van der Waals surface area contributed by atoms with Crippen molar-refractivity contribution in [3.63, 3.8) is 0 Å². The number of aryl methyl sites for hydroxylation is 1. The lowest BCUT2D eigenvalue weighted by molar-refractivity contribution is -0.147. The van der Waals surface area contributed by atoms with Gasteiger partial charge in [-0.15, -0.1) is 0 Å². The predicted molar refractivity (Wildman–Crippen MR) is 110 cm³/mol. The van der Waals surface area contributed by atoms with E-state index in [1.165, 1.54) is 26.2 Å². The summed E-state index contributed by atoms with van der Waals surface area (Å²) < 4.78 is 24.8. The van der Waals surface area contributed by atoms with E-state index in [4.69, 9.17) is 16.3 Å². The van der Waals surface area contributed by atoms with Gasteiger partial charge in [-0.2, -0.15) is 0 Å². The molecule has 1 atom stereocenters. The van der Waals surface area contributed by atoms with E-state index in [0.717, 1.165) is 5.56 Å². The Balaban J connectivity index is 2.17. The fourth-order valence-corrected chi connectivity index (χ4v) is 3.34. The van der Waals surface area contributed by atoms with E-state index < -0.39 is 17.9 Å². The van der Waals surface area contributed by atoms with Crippen molar-refractivity contribution in [2.45, 2.75) is 32.8 Å². The largest absolute Gasteiger partial charge is 0.478 e. The molecule has 5 nitrogen and oxygen atoms in total. The minimum absolute atomic E-state index is 0.0567. The molecule has 1 unspecified atom stereocenters.